The molecule has 162 valence electrons. The topological polar surface area (TPSA) is 70.0 Å². The molecule has 1 aromatic heterocycles. The second-order valence-electron chi connectivity index (χ2n) is 7.73. The third kappa shape index (κ3) is 4.18. The van der Waals surface area contributed by atoms with Crippen molar-refractivity contribution >= 4 is 0 Å². The van der Waals surface area contributed by atoms with Crippen molar-refractivity contribution in [3.63, 3.8) is 0 Å². The number of nitrogens with two attached hydrogens (primary N) is 1. The van der Waals surface area contributed by atoms with Crippen molar-refractivity contribution in [2.75, 3.05) is 0 Å². The molecule has 0 unspecified atom stereocenters. The molecule has 0 aliphatic heterocycles. The molecule has 4 rings (SSSR count). The van der Waals surface area contributed by atoms with Crippen molar-refractivity contribution in [1.82, 2.24) is 9.13 Å². The molecule has 0 amide bonds. The highest BCUT2D eigenvalue weighted by atomic mass is 19.1. The molecule has 0 radical (unpaired) electrons. The summed E-state index contributed by atoms with van der Waals surface area (Å²) in [5.41, 5.74) is 7.78. The lowest BCUT2D eigenvalue weighted by atomic mass is 10.0. The normalized spacial score (nSPS) is 12.0. The first kappa shape index (κ1) is 21.5. The molecule has 2 N–H and O–H groups in total. The summed E-state index contributed by atoms with van der Waals surface area (Å²) < 4.78 is 17.3. The van der Waals surface area contributed by atoms with E-state index in [1.807, 2.05) is 60.7 Å². The third-order valence-electron chi connectivity index (χ3n) is 5.62. The number of hydrogen-bond donors (Lipinski definition) is 1. The van der Waals surface area contributed by atoms with Crippen molar-refractivity contribution in [2.24, 2.45) is 5.73 Å². The van der Waals surface area contributed by atoms with Gasteiger partial charge in [-0.3, -0.25) is 13.9 Å². The fourth-order valence-corrected chi connectivity index (χ4v) is 3.89. The predicted octanol–water partition coefficient (Wildman–Crippen LogP) is 3.87. The van der Waals surface area contributed by atoms with Crippen LogP contribution in [-0.4, -0.2) is 9.13 Å². The summed E-state index contributed by atoms with van der Waals surface area (Å²) in [7, 11) is 0. The van der Waals surface area contributed by atoms with Gasteiger partial charge in [-0.2, -0.15) is 0 Å². The lowest BCUT2D eigenvalue weighted by Gasteiger charge is -2.20. The van der Waals surface area contributed by atoms with E-state index >= 15 is 0 Å². The molecule has 0 saturated carbocycles. The summed E-state index contributed by atoms with van der Waals surface area (Å²) in [6.07, 6.45) is 0. The predicted molar refractivity (Wildman–Crippen MR) is 124 cm³/mol. The van der Waals surface area contributed by atoms with Crippen molar-refractivity contribution in [3.8, 4) is 11.1 Å². The Morgan fingerprint density at radius 3 is 2.09 bits per heavy atom. The maximum absolute atomic E-state index is 14.7. The quantitative estimate of drug-likeness (QED) is 0.506. The number of aromatic nitrogens is 2. The van der Waals surface area contributed by atoms with E-state index in [-0.39, 0.29) is 24.2 Å². The smallest absolute Gasteiger partial charge is 0.322 e. The van der Waals surface area contributed by atoms with Crippen molar-refractivity contribution < 1.29 is 4.39 Å². The first-order valence-corrected chi connectivity index (χ1v) is 10.4. The molecule has 32 heavy (non-hydrogen) atoms. The average molecular weight is 429 g/mol. The monoisotopic (exact) mass is 429 g/mol. The Hall–Kier alpha value is -3.77. The number of rotatable bonds is 6. The molecule has 1 heterocycles. The molecule has 0 bridgehead atoms. The minimum Gasteiger partial charge on any atom is -0.322 e. The van der Waals surface area contributed by atoms with Gasteiger partial charge in [0.2, 0.25) is 0 Å². The molecule has 0 aliphatic carbocycles. The fourth-order valence-electron chi connectivity index (χ4n) is 3.89. The Morgan fingerprint density at radius 1 is 0.844 bits per heavy atom. The van der Waals surface area contributed by atoms with Gasteiger partial charge >= 0.3 is 5.69 Å². The van der Waals surface area contributed by atoms with E-state index in [1.54, 1.807) is 25.1 Å². The van der Waals surface area contributed by atoms with Crippen molar-refractivity contribution in [1.29, 1.82) is 0 Å². The van der Waals surface area contributed by atoms with E-state index < -0.39 is 23.1 Å². The minimum atomic E-state index is -0.567. The van der Waals surface area contributed by atoms with Crippen LogP contribution in [0.15, 0.2) is 94.5 Å². The lowest BCUT2D eigenvalue weighted by Crippen LogP contribution is -2.44. The summed E-state index contributed by atoms with van der Waals surface area (Å²) in [5, 5.41) is 0. The van der Waals surface area contributed by atoms with Gasteiger partial charge in [-0.05, 0) is 24.1 Å². The first-order valence-electron chi connectivity index (χ1n) is 10.4. The van der Waals surface area contributed by atoms with Gasteiger partial charge in [-0.1, -0.05) is 78.9 Å². The second-order valence-corrected chi connectivity index (χ2v) is 7.73. The van der Waals surface area contributed by atoms with Gasteiger partial charge in [0.25, 0.3) is 5.56 Å². The number of hydrogen-bond acceptors (Lipinski definition) is 3. The van der Waals surface area contributed by atoms with E-state index in [2.05, 4.69) is 0 Å². The summed E-state index contributed by atoms with van der Waals surface area (Å²) in [6, 6.07) is 24.3. The molecule has 5 nitrogen and oxygen atoms in total. The molecule has 0 saturated heterocycles. The van der Waals surface area contributed by atoms with Crippen LogP contribution in [0.5, 0.6) is 0 Å². The summed E-state index contributed by atoms with van der Waals surface area (Å²) in [6.45, 7) is 1.92. The maximum Gasteiger partial charge on any atom is 0.331 e. The largest absolute Gasteiger partial charge is 0.331 e. The van der Waals surface area contributed by atoms with Crippen LogP contribution in [0.3, 0.4) is 0 Å². The zero-order valence-corrected chi connectivity index (χ0v) is 17.7. The zero-order chi connectivity index (χ0) is 22.7. The van der Waals surface area contributed by atoms with E-state index in [0.29, 0.717) is 5.69 Å². The Labute approximate surface area is 185 Å². The number of halogens is 1. The van der Waals surface area contributed by atoms with Crippen LogP contribution >= 0.6 is 0 Å². The first-order chi connectivity index (χ1) is 15.5. The highest BCUT2D eigenvalue weighted by Gasteiger charge is 2.21. The Morgan fingerprint density at radius 2 is 1.44 bits per heavy atom. The van der Waals surface area contributed by atoms with Gasteiger partial charge in [-0.15, -0.1) is 0 Å². The second kappa shape index (κ2) is 9.16. The molecule has 0 aliphatic rings. The number of benzene rings is 3. The van der Waals surface area contributed by atoms with Gasteiger partial charge < -0.3 is 5.73 Å². The van der Waals surface area contributed by atoms with E-state index in [9.17, 15) is 14.0 Å². The maximum atomic E-state index is 14.7. The molecule has 4 aromatic rings. The number of nitrogens with zero attached hydrogens (tertiary/aromatic N) is 2. The van der Waals surface area contributed by atoms with Crippen LogP contribution in [-0.2, 0) is 13.1 Å². The molecule has 0 fully saturated rings. The van der Waals surface area contributed by atoms with E-state index in [0.717, 1.165) is 15.7 Å². The molecular weight excluding hydrogens is 405 g/mol. The highest BCUT2D eigenvalue weighted by molar-refractivity contribution is 5.65. The molecule has 1 atom stereocenters. The summed E-state index contributed by atoms with van der Waals surface area (Å²) in [5.74, 6) is -0.517. The standard InChI is InChI=1S/C26H24FN3O2/c1-18-24(21-14-8-9-15-22(21)27)25(31)30(17-23(28)20-12-6-3-7-13-20)26(32)29(18)16-19-10-4-2-5-11-19/h2-15,23H,16-17,28H2,1H3/t23-/m0/s1. The van der Waals surface area contributed by atoms with Crippen LogP contribution in [0.25, 0.3) is 11.1 Å². The van der Waals surface area contributed by atoms with Gasteiger partial charge in [0.15, 0.2) is 0 Å². The van der Waals surface area contributed by atoms with Crippen LogP contribution < -0.4 is 17.0 Å². The van der Waals surface area contributed by atoms with Crippen molar-refractivity contribution in [3.05, 3.63) is 128 Å². The van der Waals surface area contributed by atoms with E-state index in [4.69, 9.17) is 5.73 Å². The van der Waals surface area contributed by atoms with Crippen molar-refractivity contribution in [2.45, 2.75) is 26.1 Å². The minimum absolute atomic E-state index is 0.0157. The molecule has 0 spiro atoms. The van der Waals surface area contributed by atoms with Crippen LogP contribution in [0.2, 0.25) is 0 Å². The Bertz CT molecular complexity index is 1350. The summed E-state index contributed by atoms with van der Waals surface area (Å²) >= 11 is 0. The lowest BCUT2D eigenvalue weighted by molar-refractivity contribution is 0.508. The SMILES string of the molecule is Cc1c(-c2ccccc2F)c(=O)n(C[C@H](N)c2ccccc2)c(=O)n1Cc1ccccc1. The van der Waals surface area contributed by atoms with E-state index in [1.165, 1.54) is 10.6 Å². The fraction of sp³-hybridized carbons (Fsp3) is 0.154. The van der Waals surface area contributed by atoms with Gasteiger partial charge in [-0.25, -0.2) is 9.18 Å². The molecule has 6 heteroatoms. The van der Waals surface area contributed by atoms with Gasteiger partial charge in [0.05, 0.1) is 18.7 Å². The van der Waals surface area contributed by atoms with Gasteiger partial charge in [0.1, 0.15) is 5.82 Å². The van der Waals surface area contributed by atoms with Crippen LogP contribution in [0.4, 0.5) is 4.39 Å². The average Bonchev–Trinajstić information content (AvgIpc) is 2.82. The molecular formula is C26H24FN3O2. The Balaban J connectivity index is 1.91. The third-order valence-corrected chi connectivity index (χ3v) is 5.62. The Kier molecular flexibility index (Phi) is 6.14. The highest BCUT2D eigenvalue weighted by Crippen LogP contribution is 2.23. The zero-order valence-electron chi connectivity index (χ0n) is 17.7. The summed E-state index contributed by atoms with van der Waals surface area (Å²) in [4.78, 5) is 26.9. The van der Waals surface area contributed by atoms with Crippen LogP contribution in [0, 0.1) is 12.7 Å². The molecule has 3 aromatic carbocycles. The van der Waals surface area contributed by atoms with Crippen LogP contribution in [0.1, 0.15) is 22.9 Å². The van der Waals surface area contributed by atoms with Gasteiger partial charge in [0, 0.05) is 17.3 Å².